The van der Waals surface area contributed by atoms with Gasteiger partial charge in [0.05, 0.1) is 18.3 Å². The molecule has 1 aliphatic heterocycles. The van der Waals surface area contributed by atoms with Crippen molar-refractivity contribution in [3.05, 3.63) is 23.9 Å². The Labute approximate surface area is 125 Å². The molecule has 21 heavy (non-hydrogen) atoms. The lowest BCUT2D eigenvalue weighted by Gasteiger charge is -2.35. The molecule has 1 N–H and O–H groups in total. The highest BCUT2D eigenvalue weighted by molar-refractivity contribution is 5.94. The van der Waals surface area contributed by atoms with E-state index < -0.39 is 0 Å². The summed E-state index contributed by atoms with van der Waals surface area (Å²) in [5.41, 5.74) is 0.586. The zero-order valence-electron chi connectivity index (χ0n) is 12.7. The number of carbonyl (C=O) groups is 1. The van der Waals surface area contributed by atoms with E-state index in [9.17, 15) is 9.90 Å². The third kappa shape index (κ3) is 4.41. The Morgan fingerprint density at radius 1 is 1.38 bits per heavy atom. The number of hydrogen-bond acceptors (Lipinski definition) is 5. The molecule has 0 saturated carbocycles. The number of rotatable bonds is 5. The first-order chi connectivity index (χ1) is 10.1. The van der Waals surface area contributed by atoms with Gasteiger partial charge < -0.3 is 14.7 Å². The fourth-order valence-corrected chi connectivity index (χ4v) is 2.43. The van der Waals surface area contributed by atoms with Crippen molar-refractivity contribution in [1.82, 2.24) is 14.8 Å². The summed E-state index contributed by atoms with van der Waals surface area (Å²) in [6, 6.07) is 3.48. The first kappa shape index (κ1) is 15.7. The Balaban J connectivity index is 1.89. The molecule has 1 aromatic heterocycles. The minimum atomic E-state index is -0.331. The van der Waals surface area contributed by atoms with Gasteiger partial charge in [-0.1, -0.05) is 0 Å². The number of nitrogens with zero attached hydrogens (tertiary/aromatic N) is 3. The molecule has 1 unspecified atom stereocenters. The number of hydrogen-bond donors (Lipinski definition) is 1. The van der Waals surface area contributed by atoms with Crippen LogP contribution < -0.4 is 4.74 Å². The van der Waals surface area contributed by atoms with Gasteiger partial charge in [0.2, 0.25) is 5.88 Å². The van der Waals surface area contributed by atoms with Crippen LogP contribution in [-0.2, 0) is 0 Å². The normalized spacial score (nSPS) is 17.6. The molecule has 0 aromatic carbocycles. The van der Waals surface area contributed by atoms with Crippen LogP contribution in [0.1, 0.15) is 24.2 Å². The molecule has 1 saturated heterocycles. The number of β-amino-alcohol motifs (C(OH)–C–C–N with tert-alkyl or cyclic N) is 1. The number of pyridine rings is 1. The Bertz CT molecular complexity index is 454. The van der Waals surface area contributed by atoms with Crippen LogP contribution in [0.15, 0.2) is 18.3 Å². The van der Waals surface area contributed by atoms with Crippen LogP contribution in [0.5, 0.6) is 5.88 Å². The maximum absolute atomic E-state index is 12.4. The zero-order chi connectivity index (χ0) is 15.2. The summed E-state index contributed by atoms with van der Waals surface area (Å²) < 4.78 is 5.27. The second-order valence-electron chi connectivity index (χ2n) is 5.26. The highest BCUT2D eigenvalue weighted by atomic mass is 16.5. The number of aliphatic hydroxyl groups is 1. The van der Waals surface area contributed by atoms with Crippen LogP contribution in [0.3, 0.4) is 0 Å². The molecule has 1 fully saturated rings. The minimum absolute atomic E-state index is 0.00208. The van der Waals surface area contributed by atoms with E-state index in [0.717, 1.165) is 13.1 Å². The van der Waals surface area contributed by atoms with Crippen molar-refractivity contribution in [2.24, 2.45) is 0 Å². The second-order valence-corrected chi connectivity index (χ2v) is 5.26. The maximum atomic E-state index is 12.4. The molecular weight excluding hydrogens is 270 g/mol. The predicted octanol–water partition coefficient (Wildman–Crippen LogP) is 0.619. The van der Waals surface area contributed by atoms with Gasteiger partial charge in [0.15, 0.2) is 0 Å². The third-order valence-electron chi connectivity index (χ3n) is 3.46. The predicted molar refractivity (Wildman–Crippen MR) is 79.4 cm³/mol. The largest absolute Gasteiger partial charge is 0.478 e. The molecular formula is C15H23N3O3. The van der Waals surface area contributed by atoms with Crippen molar-refractivity contribution >= 4 is 5.91 Å². The van der Waals surface area contributed by atoms with Crippen LogP contribution in [0.2, 0.25) is 0 Å². The number of aromatic nitrogens is 1. The molecule has 0 spiro atoms. The van der Waals surface area contributed by atoms with Crippen molar-refractivity contribution in [3.63, 3.8) is 0 Å². The van der Waals surface area contributed by atoms with Crippen molar-refractivity contribution in [2.75, 3.05) is 39.3 Å². The molecule has 1 aliphatic rings. The number of piperazine rings is 1. The lowest BCUT2D eigenvalue weighted by atomic mass is 10.2. The Morgan fingerprint density at radius 3 is 2.62 bits per heavy atom. The van der Waals surface area contributed by atoms with Gasteiger partial charge in [-0.15, -0.1) is 0 Å². The molecule has 116 valence electrons. The summed E-state index contributed by atoms with van der Waals surface area (Å²) >= 11 is 0. The van der Waals surface area contributed by atoms with E-state index in [1.54, 1.807) is 25.3 Å². The molecule has 2 rings (SSSR count). The lowest BCUT2D eigenvalue weighted by molar-refractivity contribution is 0.0553. The van der Waals surface area contributed by atoms with Gasteiger partial charge in [-0.05, 0) is 19.9 Å². The van der Waals surface area contributed by atoms with E-state index in [4.69, 9.17) is 4.74 Å². The van der Waals surface area contributed by atoms with Gasteiger partial charge in [0, 0.05) is 45.0 Å². The molecule has 1 atom stereocenters. The zero-order valence-corrected chi connectivity index (χ0v) is 12.7. The summed E-state index contributed by atoms with van der Waals surface area (Å²) in [6.07, 6.45) is 1.23. The highest BCUT2D eigenvalue weighted by Crippen LogP contribution is 2.12. The summed E-state index contributed by atoms with van der Waals surface area (Å²) in [5.74, 6) is 0.540. The molecule has 0 radical (unpaired) electrons. The van der Waals surface area contributed by atoms with Crippen LogP contribution in [0, 0.1) is 0 Å². The topological polar surface area (TPSA) is 65.9 Å². The number of aliphatic hydroxyl groups excluding tert-OH is 1. The lowest BCUT2D eigenvalue weighted by Crippen LogP contribution is -2.50. The van der Waals surface area contributed by atoms with E-state index in [0.29, 0.717) is 37.7 Å². The van der Waals surface area contributed by atoms with Crippen molar-refractivity contribution in [1.29, 1.82) is 0 Å². The van der Waals surface area contributed by atoms with Crippen molar-refractivity contribution in [3.8, 4) is 5.88 Å². The standard InChI is InChI=1S/C15H23N3O3/c1-3-21-14-5-4-13(10-16-14)15(20)18-8-6-17(7-9-18)11-12(2)19/h4-5,10,12,19H,3,6-9,11H2,1-2H3. The smallest absolute Gasteiger partial charge is 0.255 e. The summed E-state index contributed by atoms with van der Waals surface area (Å²) in [4.78, 5) is 20.5. The first-order valence-corrected chi connectivity index (χ1v) is 7.38. The molecule has 1 aromatic rings. The fourth-order valence-electron chi connectivity index (χ4n) is 2.43. The van der Waals surface area contributed by atoms with E-state index >= 15 is 0 Å². The van der Waals surface area contributed by atoms with Crippen molar-refractivity contribution < 1.29 is 14.6 Å². The average molecular weight is 293 g/mol. The van der Waals surface area contributed by atoms with Crippen LogP contribution in [-0.4, -0.2) is 71.2 Å². The SMILES string of the molecule is CCOc1ccc(C(=O)N2CCN(CC(C)O)CC2)cn1. The van der Waals surface area contributed by atoms with Crippen molar-refractivity contribution in [2.45, 2.75) is 20.0 Å². The Morgan fingerprint density at radius 2 is 2.10 bits per heavy atom. The molecule has 6 heteroatoms. The summed E-state index contributed by atoms with van der Waals surface area (Å²) in [5, 5.41) is 9.39. The number of carbonyl (C=O) groups excluding carboxylic acids is 1. The highest BCUT2D eigenvalue weighted by Gasteiger charge is 2.22. The van der Waals surface area contributed by atoms with Gasteiger partial charge in [0.1, 0.15) is 0 Å². The van der Waals surface area contributed by atoms with E-state index in [1.165, 1.54) is 0 Å². The third-order valence-corrected chi connectivity index (χ3v) is 3.46. The summed E-state index contributed by atoms with van der Waals surface area (Å²) in [6.45, 7) is 7.84. The number of amides is 1. The first-order valence-electron chi connectivity index (χ1n) is 7.38. The molecule has 0 bridgehead atoms. The molecule has 1 amide bonds. The fraction of sp³-hybridized carbons (Fsp3) is 0.600. The quantitative estimate of drug-likeness (QED) is 0.862. The van der Waals surface area contributed by atoms with E-state index in [2.05, 4.69) is 9.88 Å². The molecule has 6 nitrogen and oxygen atoms in total. The second kappa shape index (κ2) is 7.38. The van der Waals surface area contributed by atoms with Crippen LogP contribution in [0.25, 0.3) is 0 Å². The Kier molecular flexibility index (Phi) is 5.52. The van der Waals surface area contributed by atoms with Crippen LogP contribution >= 0.6 is 0 Å². The number of ether oxygens (including phenoxy) is 1. The van der Waals surface area contributed by atoms with Gasteiger partial charge in [0.25, 0.3) is 5.91 Å². The average Bonchev–Trinajstić information content (AvgIpc) is 2.48. The summed E-state index contributed by atoms with van der Waals surface area (Å²) in [7, 11) is 0. The molecule has 2 heterocycles. The Hall–Kier alpha value is -1.66. The van der Waals surface area contributed by atoms with Crippen LogP contribution in [0.4, 0.5) is 0 Å². The minimum Gasteiger partial charge on any atom is -0.478 e. The van der Waals surface area contributed by atoms with Gasteiger partial charge in [-0.25, -0.2) is 4.98 Å². The monoisotopic (exact) mass is 293 g/mol. The molecule has 0 aliphatic carbocycles. The van der Waals surface area contributed by atoms with E-state index in [1.807, 2.05) is 11.8 Å². The van der Waals surface area contributed by atoms with Gasteiger partial charge in [-0.3, -0.25) is 9.69 Å². The maximum Gasteiger partial charge on any atom is 0.255 e. The van der Waals surface area contributed by atoms with Gasteiger partial charge in [-0.2, -0.15) is 0 Å². The van der Waals surface area contributed by atoms with E-state index in [-0.39, 0.29) is 12.0 Å². The van der Waals surface area contributed by atoms with Gasteiger partial charge >= 0.3 is 0 Å².